The monoisotopic (exact) mass is 367 g/mol. The third kappa shape index (κ3) is 7.50. The molecule has 0 saturated heterocycles. The van der Waals surface area contributed by atoms with Gasteiger partial charge in [0.05, 0.1) is 18.5 Å². The van der Waals surface area contributed by atoms with Crippen LogP contribution in [0, 0.1) is 0 Å². The van der Waals surface area contributed by atoms with Crippen LogP contribution in [0.5, 0.6) is 0 Å². The number of benzene rings is 1. The van der Waals surface area contributed by atoms with Gasteiger partial charge in [-0.15, -0.1) is 0 Å². The molecule has 0 unspecified atom stereocenters. The summed E-state index contributed by atoms with van der Waals surface area (Å²) in [6.07, 6.45) is 5.14. The minimum Gasteiger partial charge on any atom is -0.460 e. The molecule has 0 amide bonds. The van der Waals surface area contributed by atoms with Crippen LogP contribution in [0.3, 0.4) is 0 Å². The van der Waals surface area contributed by atoms with Crippen LogP contribution in [0.2, 0.25) is 0 Å². The Balaban J connectivity index is 0.000000239. The molecule has 4 nitrogen and oxygen atoms in total. The lowest BCUT2D eigenvalue weighted by Gasteiger charge is -1.97. The minimum atomic E-state index is -0.769. The lowest BCUT2D eigenvalue weighted by molar-refractivity contribution is -0.152. The molecule has 22 heavy (non-hydrogen) atoms. The molecule has 5 heteroatoms. The molecule has 1 aromatic carbocycles. The van der Waals surface area contributed by atoms with Crippen molar-refractivity contribution in [2.75, 3.05) is 11.9 Å². The third-order valence-electron chi connectivity index (χ3n) is 3.13. The SMILES string of the molecule is CCOC(=O)C(=O)CBr.c1ccc(CN=C2CCCC2)cc1. The van der Waals surface area contributed by atoms with Crippen molar-refractivity contribution in [3.8, 4) is 0 Å². The Bertz CT molecular complexity index is 492. The summed E-state index contributed by atoms with van der Waals surface area (Å²) in [4.78, 5) is 25.4. The van der Waals surface area contributed by atoms with Gasteiger partial charge in [0.15, 0.2) is 0 Å². The molecule has 0 N–H and O–H groups in total. The maximum atomic E-state index is 10.4. The van der Waals surface area contributed by atoms with Crippen LogP contribution in [0.25, 0.3) is 0 Å². The second-order valence-electron chi connectivity index (χ2n) is 4.85. The van der Waals surface area contributed by atoms with Crippen molar-refractivity contribution >= 4 is 33.4 Å². The summed E-state index contributed by atoms with van der Waals surface area (Å²) in [5.74, 6) is -1.31. The van der Waals surface area contributed by atoms with E-state index in [1.54, 1.807) is 6.92 Å². The van der Waals surface area contributed by atoms with Crippen LogP contribution in [-0.4, -0.2) is 29.4 Å². The summed E-state index contributed by atoms with van der Waals surface area (Å²) in [6, 6.07) is 10.5. The highest BCUT2D eigenvalue weighted by Crippen LogP contribution is 2.15. The van der Waals surface area contributed by atoms with Gasteiger partial charge < -0.3 is 4.74 Å². The molecule has 0 radical (unpaired) electrons. The Hall–Kier alpha value is -1.49. The van der Waals surface area contributed by atoms with E-state index in [9.17, 15) is 9.59 Å². The molecule has 120 valence electrons. The molecule has 1 aromatic rings. The largest absolute Gasteiger partial charge is 0.460 e. The summed E-state index contributed by atoms with van der Waals surface area (Å²) in [5.41, 5.74) is 2.74. The van der Waals surface area contributed by atoms with Gasteiger partial charge in [-0.1, -0.05) is 46.3 Å². The van der Waals surface area contributed by atoms with Crippen molar-refractivity contribution < 1.29 is 14.3 Å². The van der Waals surface area contributed by atoms with E-state index in [-0.39, 0.29) is 11.9 Å². The number of ketones is 1. The fourth-order valence-corrected chi connectivity index (χ4v) is 2.22. The first-order chi connectivity index (χ1) is 10.7. The molecular weight excluding hydrogens is 346 g/mol. The van der Waals surface area contributed by atoms with Crippen molar-refractivity contribution in [1.82, 2.24) is 0 Å². The molecular formula is C17H22BrNO3. The second kappa shape index (κ2) is 11.1. The highest BCUT2D eigenvalue weighted by Gasteiger charge is 2.11. The number of nitrogens with zero attached hydrogens (tertiary/aromatic N) is 1. The third-order valence-corrected chi connectivity index (χ3v) is 3.64. The zero-order valence-corrected chi connectivity index (χ0v) is 14.5. The van der Waals surface area contributed by atoms with E-state index < -0.39 is 11.8 Å². The number of alkyl halides is 1. The predicted molar refractivity (Wildman–Crippen MR) is 91.5 cm³/mol. The zero-order valence-electron chi connectivity index (χ0n) is 12.9. The van der Waals surface area contributed by atoms with E-state index >= 15 is 0 Å². The van der Waals surface area contributed by atoms with E-state index in [2.05, 4.69) is 49.9 Å². The number of Topliss-reactive ketones (excluding diaryl/α,β-unsaturated/α-hetero) is 1. The highest BCUT2D eigenvalue weighted by atomic mass is 79.9. The number of rotatable bonds is 5. The topological polar surface area (TPSA) is 55.7 Å². The Labute approximate surface area is 140 Å². The van der Waals surface area contributed by atoms with Crippen LogP contribution in [-0.2, 0) is 20.9 Å². The lowest BCUT2D eigenvalue weighted by atomic mass is 10.2. The minimum absolute atomic E-state index is 0.0336. The molecule has 0 bridgehead atoms. The molecule has 1 fully saturated rings. The summed E-state index contributed by atoms with van der Waals surface area (Å²) in [7, 11) is 0. The van der Waals surface area contributed by atoms with Gasteiger partial charge in [0.2, 0.25) is 5.78 Å². The molecule has 0 aliphatic heterocycles. The Morgan fingerprint density at radius 2 is 1.82 bits per heavy atom. The number of carbonyl (C=O) groups is 2. The summed E-state index contributed by atoms with van der Waals surface area (Å²) < 4.78 is 4.38. The quantitative estimate of drug-likeness (QED) is 0.452. The number of esters is 1. The van der Waals surface area contributed by atoms with Crippen molar-refractivity contribution in [3.63, 3.8) is 0 Å². The summed E-state index contributed by atoms with van der Waals surface area (Å²) in [6.45, 7) is 2.77. The number of halogens is 1. The fourth-order valence-electron chi connectivity index (χ4n) is 1.99. The van der Waals surface area contributed by atoms with E-state index in [0.717, 1.165) is 6.54 Å². The number of hydrogen-bond donors (Lipinski definition) is 0. The second-order valence-corrected chi connectivity index (χ2v) is 5.41. The highest BCUT2D eigenvalue weighted by molar-refractivity contribution is 9.09. The molecule has 0 aromatic heterocycles. The first-order valence-electron chi connectivity index (χ1n) is 7.49. The molecule has 2 rings (SSSR count). The normalized spacial score (nSPS) is 13.1. The van der Waals surface area contributed by atoms with Crippen molar-refractivity contribution in [3.05, 3.63) is 35.9 Å². The Morgan fingerprint density at radius 3 is 2.36 bits per heavy atom. The van der Waals surface area contributed by atoms with E-state index in [0.29, 0.717) is 0 Å². The molecule has 1 aliphatic rings. The number of carbonyl (C=O) groups excluding carboxylic acids is 2. The zero-order chi connectivity index (χ0) is 16.2. The van der Waals surface area contributed by atoms with Gasteiger partial charge in [0.25, 0.3) is 0 Å². The number of hydrogen-bond acceptors (Lipinski definition) is 4. The number of ether oxygens (including phenoxy) is 1. The first kappa shape index (κ1) is 18.6. The van der Waals surface area contributed by atoms with Gasteiger partial charge in [0, 0.05) is 5.71 Å². The summed E-state index contributed by atoms with van der Waals surface area (Å²) >= 11 is 2.83. The number of aliphatic imine (C=N–C) groups is 1. The van der Waals surface area contributed by atoms with Crippen molar-refractivity contribution in [2.24, 2.45) is 4.99 Å². The van der Waals surface area contributed by atoms with Gasteiger partial charge in [0.1, 0.15) is 0 Å². The Morgan fingerprint density at radius 1 is 1.18 bits per heavy atom. The molecule has 0 spiro atoms. The maximum Gasteiger partial charge on any atom is 0.375 e. The van der Waals surface area contributed by atoms with Crippen LogP contribution >= 0.6 is 15.9 Å². The van der Waals surface area contributed by atoms with Crippen molar-refractivity contribution in [1.29, 1.82) is 0 Å². The van der Waals surface area contributed by atoms with E-state index in [1.807, 2.05) is 6.07 Å². The van der Waals surface area contributed by atoms with Crippen LogP contribution in [0.4, 0.5) is 0 Å². The average Bonchev–Trinajstić information content (AvgIpc) is 3.07. The van der Waals surface area contributed by atoms with Crippen molar-refractivity contribution in [2.45, 2.75) is 39.2 Å². The lowest BCUT2D eigenvalue weighted by Crippen LogP contribution is -2.17. The maximum absolute atomic E-state index is 10.4. The average molecular weight is 368 g/mol. The molecule has 1 saturated carbocycles. The van der Waals surface area contributed by atoms with Gasteiger partial charge >= 0.3 is 5.97 Å². The van der Waals surface area contributed by atoms with Gasteiger partial charge in [-0.05, 0) is 38.2 Å². The smallest absolute Gasteiger partial charge is 0.375 e. The first-order valence-corrected chi connectivity index (χ1v) is 8.61. The predicted octanol–water partition coefficient (Wildman–Crippen LogP) is 3.72. The van der Waals surface area contributed by atoms with Gasteiger partial charge in [-0.2, -0.15) is 0 Å². The van der Waals surface area contributed by atoms with Crippen LogP contribution in [0.15, 0.2) is 35.3 Å². The van der Waals surface area contributed by atoms with Gasteiger partial charge in [-0.3, -0.25) is 9.79 Å². The van der Waals surface area contributed by atoms with Crippen LogP contribution < -0.4 is 0 Å². The van der Waals surface area contributed by atoms with Gasteiger partial charge in [-0.25, -0.2) is 4.79 Å². The fraction of sp³-hybridized carbons (Fsp3) is 0.471. The standard InChI is InChI=1S/C12H15N.C5H7BrO3/c1-2-6-11(7-3-1)10-13-12-8-4-5-9-12;1-2-9-5(8)4(7)3-6/h1-3,6-7H,4-5,8-10H2;2-3H2,1H3. The van der Waals surface area contributed by atoms with E-state index in [1.165, 1.54) is 37.0 Å². The summed E-state index contributed by atoms with van der Waals surface area (Å²) in [5, 5.41) is 0.0336. The Kier molecular flexibility index (Phi) is 9.39. The molecule has 0 atom stereocenters. The molecule has 1 aliphatic carbocycles. The van der Waals surface area contributed by atoms with Crippen LogP contribution in [0.1, 0.15) is 38.2 Å². The molecule has 0 heterocycles. The van der Waals surface area contributed by atoms with E-state index in [4.69, 9.17) is 0 Å².